The van der Waals surface area contributed by atoms with Gasteiger partial charge in [0.1, 0.15) is 0 Å². The fourth-order valence-electron chi connectivity index (χ4n) is 2.40. The highest BCUT2D eigenvalue weighted by molar-refractivity contribution is 7.99. The van der Waals surface area contributed by atoms with E-state index in [1.165, 1.54) is 31.0 Å². The first-order valence-electron chi connectivity index (χ1n) is 5.51. The van der Waals surface area contributed by atoms with E-state index in [0.717, 1.165) is 19.8 Å². The van der Waals surface area contributed by atoms with E-state index in [1.807, 2.05) is 0 Å². The van der Waals surface area contributed by atoms with E-state index in [9.17, 15) is 0 Å². The second kappa shape index (κ2) is 5.35. The molecule has 2 N–H and O–H groups in total. The van der Waals surface area contributed by atoms with Crippen LogP contribution in [0.2, 0.25) is 0 Å². The molecule has 2 saturated heterocycles. The molecular weight excluding hydrogens is 196 g/mol. The lowest BCUT2D eigenvalue weighted by atomic mass is 9.97. The molecular formula is C10H20N2OS. The van der Waals surface area contributed by atoms with Gasteiger partial charge < -0.3 is 10.5 Å². The Bertz CT molecular complexity index is 168. The number of hydrogen-bond acceptors (Lipinski definition) is 4. The van der Waals surface area contributed by atoms with Crippen molar-refractivity contribution < 1.29 is 4.74 Å². The van der Waals surface area contributed by atoms with Crippen molar-refractivity contribution in [1.82, 2.24) is 4.90 Å². The number of thioether (sulfide) groups is 1. The fourth-order valence-corrected chi connectivity index (χ4v) is 3.34. The SMILES string of the molecule is NCC(C1CCOC1)N1CCSCC1. The zero-order valence-corrected chi connectivity index (χ0v) is 9.47. The minimum atomic E-state index is 0.568. The van der Waals surface area contributed by atoms with Gasteiger partial charge in [-0.2, -0.15) is 11.8 Å². The average molecular weight is 216 g/mol. The van der Waals surface area contributed by atoms with Crippen LogP contribution in [0.5, 0.6) is 0 Å². The predicted octanol–water partition coefficient (Wildman–Crippen LogP) is 0.399. The van der Waals surface area contributed by atoms with Crippen molar-refractivity contribution in [2.45, 2.75) is 12.5 Å². The summed E-state index contributed by atoms with van der Waals surface area (Å²) in [6.07, 6.45) is 1.20. The van der Waals surface area contributed by atoms with Gasteiger partial charge in [0.15, 0.2) is 0 Å². The number of ether oxygens (including phenoxy) is 1. The van der Waals surface area contributed by atoms with Gasteiger partial charge >= 0.3 is 0 Å². The number of hydrogen-bond donors (Lipinski definition) is 1. The minimum Gasteiger partial charge on any atom is -0.381 e. The summed E-state index contributed by atoms with van der Waals surface area (Å²) < 4.78 is 5.44. The minimum absolute atomic E-state index is 0.568. The summed E-state index contributed by atoms with van der Waals surface area (Å²) >= 11 is 2.06. The van der Waals surface area contributed by atoms with Crippen molar-refractivity contribution in [3.63, 3.8) is 0 Å². The third-order valence-corrected chi connectivity index (χ3v) is 4.21. The van der Waals surface area contributed by atoms with Crippen molar-refractivity contribution >= 4 is 11.8 Å². The maximum atomic E-state index is 5.88. The molecule has 14 heavy (non-hydrogen) atoms. The van der Waals surface area contributed by atoms with E-state index in [4.69, 9.17) is 10.5 Å². The van der Waals surface area contributed by atoms with Crippen LogP contribution >= 0.6 is 11.8 Å². The molecule has 2 aliphatic heterocycles. The quantitative estimate of drug-likeness (QED) is 0.741. The highest BCUT2D eigenvalue weighted by Crippen LogP contribution is 2.23. The number of rotatable bonds is 3. The Morgan fingerprint density at radius 2 is 2.21 bits per heavy atom. The van der Waals surface area contributed by atoms with Crippen molar-refractivity contribution in [3.05, 3.63) is 0 Å². The first-order valence-corrected chi connectivity index (χ1v) is 6.67. The van der Waals surface area contributed by atoms with Gasteiger partial charge in [0.05, 0.1) is 6.61 Å². The van der Waals surface area contributed by atoms with E-state index in [-0.39, 0.29) is 0 Å². The van der Waals surface area contributed by atoms with E-state index in [1.54, 1.807) is 0 Å². The smallest absolute Gasteiger partial charge is 0.0510 e. The van der Waals surface area contributed by atoms with E-state index < -0.39 is 0 Å². The monoisotopic (exact) mass is 216 g/mol. The molecule has 0 saturated carbocycles. The molecule has 3 nitrogen and oxygen atoms in total. The zero-order valence-electron chi connectivity index (χ0n) is 8.65. The molecule has 0 radical (unpaired) electrons. The first kappa shape index (κ1) is 10.7. The standard InChI is InChI=1S/C10H20N2OS/c11-7-10(9-1-4-13-8-9)12-2-5-14-6-3-12/h9-10H,1-8,11H2. The van der Waals surface area contributed by atoms with Crippen LogP contribution in [0.4, 0.5) is 0 Å². The van der Waals surface area contributed by atoms with Gasteiger partial charge in [-0.15, -0.1) is 0 Å². The van der Waals surface area contributed by atoms with E-state index in [0.29, 0.717) is 12.0 Å². The van der Waals surface area contributed by atoms with Gasteiger partial charge in [0, 0.05) is 49.7 Å². The van der Waals surface area contributed by atoms with Gasteiger partial charge in [-0.3, -0.25) is 4.90 Å². The molecule has 2 fully saturated rings. The number of nitrogens with zero attached hydrogens (tertiary/aromatic N) is 1. The maximum absolute atomic E-state index is 5.88. The van der Waals surface area contributed by atoms with Gasteiger partial charge in [0.25, 0.3) is 0 Å². The molecule has 2 aliphatic rings. The lowest BCUT2D eigenvalue weighted by Crippen LogP contribution is -2.49. The van der Waals surface area contributed by atoms with Crippen LogP contribution in [0, 0.1) is 5.92 Å². The van der Waals surface area contributed by atoms with Crippen LogP contribution in [0.1, 0.15) is 6.42 Å². The molecule has 0 spiro atoms. The summed E-state index contributed by atoms with van der Waals surface area (Å²) in [6, 6.07) is 0.568. The Morgan fingerprint density at radius 3 is 2.79 bits per heavy atom. The summed E-state index contributed by atoms with van der Waals surface area (Å²) in [5, 5.41) is 0. The number of nitrogens with two attached hydrogens (primary N) is 1. The Balaban J connectivity index is 1.89. The fraction of sp³-hybridized carbons (Fsp3) is 1.00. The van der Waals surface area contributed by atoms with Crippen LogP contribution in [0.25, 0.3) is 0 Å². The summed E-state index contributed by atoms with van der Waals surface area (Å²) in [7, 11) is 0. The molecule has 2 heterocycles. The molecule has 2 unspecified atom stereocenters. The lowest BCUT2D eigenvalue weighted by Gasteiger charge is -2.36. The molecule has 4 heteroatoms. The second-order valence-corrected chi connectivity index (χ2v) is 5.30. The van der Waals surface area contributed by atoms with Gasteiger partial charge in [0.2, 0.25) is 0 Å². The van der Waals surface area contributed by atoms with Gasteiger partial charge in [-0.1, -0.05) is 0 Å². The van der Waals surface area contributed by atoms with Crippen LogP contribution in [0.15, 0.2) is 0 Å². The Labute approximate surface area is 90.3 Å². The topological polar surface area (TPSA) is 38.5 Å². The van der Waals surface area contributed by atoms with Crippen molar-refractivity contribution in [1.29, 1.82) is 0 Å². The van der Waals surface area contributed by atoms with Crippen LogP contribution < -0.4 is 5.73 Å². The molecule has 2 rings (SSSR count). The lowest BCUT2D eigenvalue weighted by molar-refractivity contribution is 0.130. The van der Waals surface area contributed by atoms with Crippen LogP contribution in [0.3, 0.4) is 0 Å². The largest absolute Gasteiger partial charge is 0.381 e. The molecule has 0 aromatic carbocycles. The first-order chi connectivity index (χ1) is 6.92. The zero-order chi connectivity index (χ0) is 9.80. The molecule has 0 aromatic heterocycles. The average Bonchev–Trinajstić information content (AvgIpc) is 2.74. The second-order valence-electron chi connectivity index (χ2n) is 4.08. The van der Waals surface area contributed by atoms with Crippen molar-refractivity contribution in [2.75, 3.05) is 44.4 Å². The van der Waals surface area contributed by atoms with E-state index in [2.05, 4.69) is 16.7 Å². The third-order valence-electron chi connectivity index (χ3n) is 3.27. The van der Waals surface area contributed by atoms with Crippen LogP contribution in [-0.4, -0.2) is 55.3 Å². The Morgan fingerprint density at radius 1 is 1.43 bits per heavy atom. The summed E-state index contributed by atoms with van der Waals surface area (Å²) in [4.78, 5) is 2.57. The Hall–Kier alpha value is 0.230. The molecule has 0 bridgehead atoms. The molecule has 0 aromatic rings. The van der Waals surface area contributed by atoms with Crippen molar-refractivity contribution in [3.8, 4) is 0 Å². The Kier molecular flexibility index (Phi) is 4.10. The molecule has 0 amide bonds. The summed E-state index contributed by atoms with van der Waals surface area (Å²) in [5.41, 5.74) is 5.88. The molecule has 2 atom stereocenters. The van der Waals surface area contributed by atoms with Crippen molar-refractivity contribution in [2.24, 2.45) is 11.7 Å². The van der Waals surface area contributed by atoms with Crippen LogP contribution in [-0.2, 0) is 4.74 Å². The summed E-state index contributed by atoms with van der Waals surface area (Å²) in [5.74, 6) is 3.22. The molecule has 0 aliphatic carbocycles. The summed E-state index contributed by atoms with van der Waals surface area (Å²) in [6.45, 7) is 5.07. The van der Waals surface area contributed by atoms with Gasteiger partial charge in [-0.25, -0.2) is 0 Å². The maximum Gasteiger partial charge on any atom is 0.0510 e. The molecule has 82 valence electrons. The van der Waals surface area contributed by atoms with E-state index >= 15 is 0 Å². The highest BCUT2D eigenvalue weighted by Gasteiger charge is 2.30. The normalized spacial score (nSPS) is 31.9. The highest BCUT2D eigenvalue weighted by atomic mass is 32.2. The predicted molar refractivity (Wildman–Crippen MR) is 60.7 cm³/mol. The van der Waals surface area contributed by atoms with Gasteiger partial charge in [-0.05, 0) is 6.42 Å². The third kappa shape index (κ3) is 2.42.